The molecule has 0 aliphatic carbocycles. The fourth-order valence-corrected chi connectivity index (χ4v) is 2.66. The molecule has 27 heavy (non-hydrogen) atoms. The van der Waals surface area contributed by atoms with Crippen molar-refractivity contribution in [2.75, 3.05) is 5.32 Å². The number of fused-ring (bicyclic) bond motifs is 1. The molecule has 0 bridgehead atoms. The number of hydrogen-bond acceptors (Lipinski definition) is 5. The van der Waals surface area contributed by atoms with Crippen LogP contribution in [0.1, 0.15) is 0 Å². The van der Waals surface area contributed by atoms with E-state index in [4.69, 9.17) is 23.8 Å². The Balaban J connectivity index is 1.57. The van der Waals surface area contributed by atoms with Crippen LogP contribution in [-0.2, 0) is 11.3 Å². The summed E-state index contributed by atoms with van der Waals surface area (Å²) in [6, 6.07) is 11.3. The monoisotopic (exact) mass is 404 g/mol. The highest BCUT2D eigenvalue weighted by atomic mass is 35.5. The molecule has 3 N–H and O–H groups in total. The molecule has 1 amide bonds. The SMILES string of the molecule is O=C(Cn1cnc2ccccc21)NNC(=S)Nc1cc([N+](=O)[O-])ccc1Cl. The summed E-state index contributed by atoms with van der Waals surface area (Å²) in [6.07, 6.45) is 1.57. The topological polar surface area (TPSA) is 114 Å². The lowest BCUT2D eigenvalue weighted by atomic mass is 10.3. The Morgan fingerprint density at radius 2 is 2.04 bits per heavy atom. The van der Waals surface area contributed by atoms with Crippen LogP contribution in [0.2, 0.25) is 5.02 Å². The van der Waals surface area contributed by atoms with E-state index in [9.17, 15) is 14.9 Å². The van der Waals surface area contributed by atoms with Crippen LogP contribution in [0, 0.1) is 10.1 Å². The Morgan fingerprint density at radius 1 is 1.26 bits per heavy atom. The van der Waals surface area contributed by atoms with Crippen molar-refractivity contribution < 1.29 is 9.72 Å². The number of hydrogen-bond donors (Lipinski definition) is 3. The molecule has 138 valence electrons. The van der Waals surface area contributed by atoms with E-state index in [0.717, 1.165) is 11.0 Å². The molecule has 9 nitrogen and oxygen atoms in total. The lowest BCUT2D eigenvalue weighted by Gasteiger charge is -2.13. The average Bonchev–Trinajstić information content (AvgIpc) is 3.05. The zero-order valence-electron chi connectivity index (χ0n) is 13.7. The van der Waals surface area contributed by atoms with Crippen LogP contribution in [0.5, 0.6) is 0 Å². The lowest BCUT2D eigenvalue weighted by molar-refractivity contribution is -0.384. The summed E-state index contributed by atoms with van der Waals surface area (Å²) in [5, 5.41) is 13.8. The van der Waals surface area contributed by atoms with Crippen molar-refractivity contribution in [2.45, 2.75) is 6.54 Å². The molecule has 1 heterocycles. The number of thiocarbonyl (C=S) groups is 1. The molecule has 0 saturated heterocycles. The number of para-hydroxylation sites is 2. The van der Waals surface area contributed by atoms with Gasteiger partial charge in [0.25, 0.3) is 11.6 Å². The number of non-ortho nitro benzene ring substituents is 1. The van der Waals surface area contributed by atoms with Gasteiger partial charge in [0.2, 0.25) is 0 Å². The number of halogens is 1. The van der Waals surface area contributed by atoms with E-state index in [2.05, 4.69) is 21.2 Å². The van der Waals surface area contributed by atoms with Crippen molar-refractivity contribution in [3.05, 3.63) is 63.9 Å². The molecule has 3 rings (SSSR count). The van der Waals surface area contributed by atoms with Crippen molar-refractivity contribution in [1.29, 1.82) is 0 Å². The first-order chi connectivity index (χ1) is 12.9. The quantitative estimate of drug-likeness (QED) is 0.348. The minimum atomic E-state index is -0.546. The van der Waals surface area contributed by atoms with Gasteiger partial charge in [-0.2, -0.15) is 0 Å². The predicted molar refractivity (Wildman–Crippen MR) is 105 cm³/mol. The summed E-state index contributed by atoms with van der Waals surface area (Å²) in [7, 11) is 0. The second-order valence-corrected chi connectivity index (χ2v) is 6.23. The van der Waals surface area contributed by atoms with Crippen LogP contribution >= 0.6 is 23.8 Å². The van der Waals surface area contributed by atoms with Gasteiger partial charge < -0.3 is 9.88 Å². The number of anilines is 1. The molecule has 11 heteroatoms. The highest BCUT2D eigenvalue weighted by Gasteiger charge is 2.11. The maximum atomic E-state index is 12.1. The summed E-state index contributed by atoms with van der Waals surface area (Å²) in [5.41, 5.74) is 6.70. The highest BCUT2D eigenvalue weighted by Crippen LogP contribution is 2.26. The third-order valence-corrected chi connectivity index (χ3v) is 4.10. The summed E-state index contributed by atoms with van der Waals surface area (Å²) in [5.74, 6) is -0.354. The van der Waals surface area contributed by atoms with E-state index >= 15 is 0 Å². The van der Waals surface area contributed by atoms with E-state index in [0.29, 0.717) is 0 Å². The molecule has 1 aromatic heterocycles. The highest BCUT2D eigenvalue weighted by molar-refractivity contribution is 7.80. The molecule has 0 atom stereocenters. The maximum Gasteiger partial charge on any atom is 0.271 e. The standard InChI is InChI=1S/C16H13ClN6O3S/c17-11-6-5-10(23(25)26)7-13(11)19-16(27)21-20-15(24)8-22-9-18-12-3-1-2-4-14(12)22/h1-7,9H,8H2,(H,20,24)(H2,19,21,27). The Hall–Kier alpha value is -3.24. The molecule has 0 unspecified atom stereocenters. The van der Waals surface area contributed by atoms with Crippen LogP contribution in [0.15, 0.2) is 48.8 Å². The van der Waals surface area contributed by atoms with E-state index in [-0.39, 0.29) is 34.0 Å². The number of nitrogens with one attached hydrogen (secondary N) is 3. The summed E-state index contributed by atoms with van der Waals surface area (Å²) >= 11 is 11.1. The van der Waals surface area contributed by atoms with Gasteiger partial charge in [0.05, 0.1) is 33.0 Å². The van der Waals surface area contributed by atoms with Crippen molar-refractivity contribution in [3.63, 3.8) is 0 Å². The summed E-state index contributed by atoms with van der Waals surface area (Å²) < 4.78 is 1.69. The smallest absolute Gasteiger partial charge is 0.271 e. The predicted octanol–water partition coefficient (Wildman–Crippen LogP) is 2.62. The van der Waals surface area contributed by atoms with Crippen LogP contribution in [0.4, 0.5) is 11.4 Å². The van der Waals surface area contributed by atoms with Crippen molar-refractivity contribution in [3.8, 4) is 0 Å². The van der Waals surface area contributed by atoms with Gasteiger partial charge in [0.15, 0.2) is 5.11 Å². The molecule has 0 fully saturated rings. The Labute approximate surface area is 163 Å². The van der Waals surface area contributed by atoms with Crippen molar-refractivity contribution >= 4 is 57.2 Å². The normalized spacial score (nSPS) is 10.4. The Morgan fingerprint density at radius 3 is 2.81 bits per heavy atom. The summed E-state index contributed by atoms with van der Waals surface area (Å²) in [6.45, 7) is 0.0354. The molecule has 0 saturated carbocycles. The molecular weight excluding hydrogens is 392 g/mol. The van der Waals surface area contributed by atoms with Crippen LogP contribution < -0.4 is 16.2 Å². The van der Waals surface area contributed by atoms with E-state index in [1.165, 1.54) is 18.2 Å². The fraction of sp³-hybridized carbons (Fsp3) is 0.0625. The number of aromatic nitrogens is 2. The fourth-order valence-electron chi connectivity index (χ4n) is 2.33. The minimum Gasteiger partial charge on any atom is -0.330 e. The lowest BCUT2D eigenvalue weighted by Crippen LogP contribution is -2.45. The second-order valence-electron chi connectivity index (χ2n) is 5.41. The van der Waals surface area contributed by atoms with Gasteiger partial charge in [-0.25, -0.2) is 4.98 Å². The molecule has 0 spiro atoms. The number of imidazole rings is 1. The number of carbonyl (C=O) groups is 1. The number of nitrogens with zero attached hydrogens (tertiary/aromatic N) is 3. The van der Waals surface area contributed by atoms with Gasteiger partial charge in [-0.05, 0) is 30.4 Å². The molecule has 3 aromatic rings. The third kappa shape index (κ3) is 4.49. The van der Waals surface area contributed by atoms with Crippen LogP contribution in [-0.4, -0.2) is 25.5 Å². The van der Waals surface area contributed by atoms with Gasteiger partial charge >= 0.3 is 0 Å². The first-order valence-corrected chi connectivity index (χ1v) is 8.42. The molecule has 0 aliphatic heterocycles. The molecule has 2 aromatic carbocycles. The number of nitro benzene ring substituents is 1. The first-order valence-electron chi connectivity index (χ1n) is 7.63. The zero-order chi connectivity index (χ0) is 19.4. The molecular formula is C16H13ClN6O3S. The Bertz CT molecular complexity index is 1040. The minimum absolute atomic E-state index is 0.0289. The van der Waals surface area contributed by atoms with Gasteiger partial charge in [-0.1, -0.05) is 23.7 Å². The summed E-state index contributed by atoms with van der Waals surface area (Å²) in [4.78, 5) is 26.6. The third-order valence-electron chi connectivity index (χ3n) is 3.57. The molecule has 0 radical (unpaired) electrons. The first kappa shape index (κ1) is 18.5. The van der Waals surface area contributed by atoms with E-state index in [1.807, 2.05) is 24.3 Å². The average molecular weight is 405 g/mol. The van der Waals surface area contributed by atoms with Crippen LogP contribution in [0.3, 0.4) is 0 Å². The van der Waals surface area contributed by atoms with E-state index < -0.39 is 4.92 Å². The van der Waals surface area contributed by atoms with Crippen molar-refractivity contribution in [2.24, 2.45) is 0 Å². The molecule has 0 aliphatic rings. The van der Waals surface area contributed by atoms with Gasteiger partial charge in [-0.3, -0.25) is 25.8 Å². The number of hydrazine groups is 1. The van der Waals surface area contributed by atoms with E-state index in [1.54, 1.807) is 10.9 Å². The Kier molecular flexibility index (Phi) is 5.48. The number of carbonyl (C=O) groups excluding carboxylic acids is 1. The second kappa shape index (κ2) is 7.98. The van der Waals surface area contributed by atoms with Crippen molar-refractivity contribution in [1.82, 2.24) is 20.4 Å². The zero-order valence-corrected chi connectivity index (χ0v) is 15.3. The number of nitro groups is 1. The largest absolute Gasteiger partial charge is 0.330 e. The maximum absolute atomic E-state index is 12.1. The number of rotatable bonds is 4. The number of amides is 1. The van der Waals surface area contributed by atoms with Gasteiger partial charge in [0.1, 0.15) is 6.54 Å². The number of benzene rings is 2. The van der Waals surface area contributed by atoms with Gasteiger partial charge in [0, 0.05) is 12.1 Å². The van der Waals surface area contributed by atoms with Crippen LogP contribution in [0.25, 0.3) is 11.0 Å². The van der Waals surface area contributed by atoms with Gasteiger partial charge in [-0.15, -0.1) is 0 Å².